The molecule has 22 heavy (non-hydrogen) atoms. The van der Waals surface area contributed by atoms with E-state index in [0.29, 0.717) is 13.1 Å². The van der Waals surface area contributed by atoms with Crippen LogP contribution in [0.15, 0.2) is 18.2 Å². The van der Waals surface area contributed by atoms with Crippen molar-refractivity contribution in [3.8, 4) is 11.5 Å². The van der Waals surface area contributed by atoms with Gasteiger partial charge in [0.15, 0.2) is 6.61 Å². The standard InChI is InChI=1S/C15H22N2O5/c1-21-15(20)11-7-12(18)9-13(8-11)22-10-14(19)17-6-4-2-3-5-16/h7-9,18H,2-6,10,16H2,1H3,(H,17,19). The van der Waals surface area contributed by atoms with Gasteiger partial charge in [0, 0.05) is 12.6 Å². The van der Waals surface area contributed by atoms with Crippen molar-refractivity contribution in [2.24, 2.45) is 5.73 Å². The minimum atomic E-state index is -0.592. The number of rotatable bonds is 9. The highest BCUT2D eigenvalue weighted by Gasteiger charge is 2.10. The summed E-state index contributed by atoms with van der Waals surface area (Å²) >= 11 is 0. The lowest BCUT2D eigenvalue weighted by Crippen LogP contribution is -2.29. The van der Waals surface area contributed by atoms with Crippen LogP contribution in [-0.2, 0) is 9.53 Å². The molecule has 122 valence electrons. The monoisotopic (exact) mass is 310 g/mol. The Hall–Kier alpha value is -2.28. The summed E-state index contributed by atoms with van der Waals surface area (Å²) in [4.78, 5) is 23.0. The zero-order valence-electron chi connectivity index (χ0n) is 12.6. The largest absolute Gasteiger partial charge is 0.508 e. The number of benzene rings is 1. The molecule has 0 unspecified atom stereocenters. The number of nitrogens with one attached hydrogen (secondary N) is 1. The molecule has 1 amide bonds. The number of esters is 1. The van der Waals surface area contributed by atoms with Gasteiger partial charge in [0.2, 0.25) is 0 Å². The van der Waals surface area contributed by atoms with Crippen molar-refractivity contribution in [3.63, 3.8) is 0 Å². The van der Waals surface area contributed by atoms with Crippen LogP contribution in [0.25, 0.3) is 0 Å². The molecule has 7 heteroatoms. The molecule has 0 fully saturated rings. The van der Waals surface area contributed by atoms with Crippen LogP contribution in [0.1, 0.15) is 29.6 Å². The molecule has 0 saturated heterocycles. The molecule has 1 rings (SSSR count). The second-order valence-corrected chi connectivity index (χ2v) is 4.70. The fraction of sp³-hybridized carbons (Fsp3) is 0.467. The average Bonchev–Trinajstić information content (AvgIpc) is 2.51. The highest BCUT2D eigenvalue weighted by atomic mass is 16.5. The SMILES string of the molecule is COC(=O)c1cc(O)cc(OCC(=O)NCCCCCN)c1. The van der Waals surface area contributed by atoms with E-state index in [4.69, 9.17) is 10.5 Å². The van der Waals surface area contributed by atoms with E-state index in [0.717, 1.165) is 19.3 Å². The number of hydrogen-bond acceptors (Lipinski definition) is 6. The van der Waals surface area contributed by atoms with Crippen LogP contribution in [0, 0.1) is 0 Å². The van der Waals surface area contributed by atoms with Gasteiger partial charge >= 0.3 is 5.97 Å². The van der Waals surface area contributed by atoms with E-state index >= 15 is 0 Å². The highest BCUT2D eigenvalue weighted by molar-refractivity contribution is 5.90. The van der Waals surface area contributed by atoms with Crippen LogP contribution in [0.4, 0.5) is 0 Å². The Morgan fingerprint density at radius 1 is 1.23 bits per heavy atom. The number of hydrogen-bond donors (Lipinski definition) is 3. The zero-order valence-corrected chi connectivity index (χ0v) is 12.6. The molecule has 0 spiro atoms. The number of methoxy groups -OCH3 is 1. The summed E-state index contributed by atoms with van der Waals surface area (Å²) < 4.78 is 9.83. The maximum atomic E-state index is 11.6. The molecule has 4 N–H and O–H groups in total. The Morgan fingerprint density at radius 3 is 2.68 bits per heavy atom. The Labute approximate surface area is 129 Å². The molecule has 0 aliphatic rings. The molecule has 0 atom stereocenters. The van der Waals surface area contributed by atoms with Gasteiger partial charge in [0.1, 0.15) is 11.5 Å². The number of carbonyl (C=O) groups is 2. The number of carbonyl (C=O) groups excluding carboxylic acids is 2. The van der Waals surface area contributed by atoms with Crippen LogP contribution in [0.5, 0.6) is 11.5 Å². The third-order valence-corrected chi connectivity index (χ3v) is 2.89. The Bertz CT molecular complexity index is 505. The molecular formula is C15H22N2O5. The maximum absolute atomic E-state index is 11.6. The van der Waals surface area contributed by atoms with Crippen molar-refractivity contribution in [2.75, 3.05) is 26.8 Å². The Morgan fingerprint density at radius 2 is 2.00 bits per heavy atom. The predicted molar refractivity (Wildman–Crippen MR) is 80.9 cm³/mol. The van der Waals surface area contributed by atoms with Gasteiger partial charge in [0.25, 0.3) is 5.91 Å². The molecule has 0 bridgehead atoms. The first-order valence-electron chi connectivity index (χ1n) is 7.08. The maximum Gasteiger partial charge on any atom is 0.338 e. The second-order valence-electron chi connectivity index (χ2n) is 4.70. The van der Waals surface area contributed by atoms with Gasteiger partial charge in [-0.2, -0.15) is 0 Å². The van der Waals surface area contributed by atoms with E-state index in [1.165, 1.54) is 25.3 Å². The predicted octanol–water partition coefficient (Wildman–Crippen LogP) is 0.803. The van der Waals surface area contributed by atoms with E-state index in [1.54, 1.807) is 0 Å². The molecular weight excluding hydrogens is 288 g/mol. The van der Waals surface area contributed by atoms with Gasteiger partial charge in [-0.15, -0.1) is 0 Å². The van der Waals surface area contributed by atoms with E-state index < -0.39 is 5.97 Å². The lowest BCUT2D eigenvalue weighted by molar-refractivity contribution is -0.123. The van der Waals surface area contributed by atoms with Crippen molar-refractivity contribution < 1.29 is 24.2 Å². The van der Waals surface area contributed by atoms with E-state index in [-0.39, 0.29) is 29.6 Å². The number of aromatic hydroxyl groups is 1. The Kier molecular flexibility index (Phi) is 7.77. The lowest BCUT2D eigenvalue weighted by atomic mass is 10.2. The number of amides is 1. The smallest absolute Gasteiger partial charge is 0.338 e. The Balaban J connectivity index is 2.42. The average molecular weight is 310 g/mol. The normalized spacial score (nSPS) is 10.1. The lowest BCUT2D eigenvalue weighted by Gasteiger charge is -2.09. The van der Waals surface area contributed by atoms with Crippen molar-refractivity contribution in [1.29, 1.82) is 0 Å². The number of unbranched alkanes of at least 4 members (excludes halogenated alkanes) is 2. The fourth-order valence-corrected chi connectivity index (χ4v) is 1.78. The zero-order chi connectivity index (χ0) is 16.4. The molecule has 0 aromatic heterocycles. The van der Waals surface area contributed by atoms with Gasteiger partial charge in [0.05, 0.1) is 12.7 Å². The van der Waals surface area contributed by atoms with Gasteiger partial charge < -0.3 is 25.6 Å². The van der Waals surface area contributed by atoms with E-state index in [1.807, 2.05) is 0 Å². The van der Waals surface area contributed by atoms with Gasteiger partial charge in [-0.1, -0.05) is 6.42 Å². The van der Waals surface area contributed by atoms with Crippen LogP contribution in [0.3, 0.4) is 0 Å². The topological polar surface area (TPSA) is 111 Å². The first kappa shape index (κ1) is 17.8. The highest BCUT2D eigenvalue weighted by Crippen LogP contribution is 2.22. The third kappa shape index (κ3) is 6.45. The minimum Gasteiger partial charge on any atom is -0.508 e. The number of phenolic OH excluding ortho intramolecular Hbond substituents is 1. The number of ether oxygens (including phenoxy) is 2. The van der Waals surface area contributed by atoms with Gasteiger partial charge in [-0.05, 0) is 31.5 Å². The summed E-state index contributed by atoms with van der Waals surface area (Å²) in [5.74, 6) is -0.778. The molecule has 0 radical (unpaired) electrons. The summed E-state index contributed by atoms with van der Waals surface area (Å²) in [6, 6.07) is 3.98. The van der Waals surface area contributed by atoms with E-state index in [2.05, 4.69) is 10.1 Å². The first-order chi connectivity index (χ1) is 10.6. The summed E-state index contributed by atoms with van der Waals surface area (Å²) in [5, 5.41) is 12.2. The quantitative estimate of drug-likeness (QED) is 0.459. The molecule has 7 nitrogen and oxygen atoms in total. The molecule has 0 saturated carbocycles. The fourth-order valence-electron chi connectivity index (χ4n) is 1.78. The van der Waals surface area contributed by atoms with Crippen molar-refractivity contribution in [3.05, 3.63) is 23.8 Å². The van der Waals surface area contributed by atoms with E-state index in [9.17, 15) is 14.7 Å². The number of phenols is 1. The van der Waals surface area contributed by atoms with Crippen LogP contribution < -0.4 is 15.8 Å². The van der Waals surface area contributed by atoms with Crippen molar-refractivity contribution in [1.82, 2.24) is 5.32 Å². The number of nitrogens with two attached hydrogens (primary N) is 1. The summed E-state index contributed by atoms with van der Waals surface area (Å²) in [6.07, 6.45) is 2.76. The summed E-state index contributed by atoms with van der Waals surface area (Å²) in [6.45, 7) is 1.02. The molecule has 0 aliphatic heterocycles. The minimum absolute atomic E-state index is 0.139. The van der Waals surface area contributed by atoms with Crippen LogP contribution >= 0.6 is 0 Å². The van der Waals surface area contributed by atoms with Crippen LogP contribution in [-0.4, -0.2) is 43.8 Å². The van der Waals surface area contributed by atoms with Crippen molar-refractivity contribution >= 4 is 11.9 Å². The third-order valence-electron chi connectivity index (χ3n) is 2.89. The summed E-state index contributed by atoms with van der Waals surface area (Å²) in [5.41, 5.74) is 5.53. The molecule has 1 aromatic rings. The van der Waals surface area contributed by atoms with Crippen LogP contribution in [0.2, 0.25) is 0 Å². The van der Waals surface area contributed by atoms with Gasteiger partial charge in [-0.25, -0.2) is 4.79 Å². The first-order valence-corrected chi connectivity index (χ1v) is 7.08. The van der Waals surface area contributed by atoms with Crippen molar-refractivity contribution in [2.45, 2.75) is 19.3 Å². The second kappa shape index (κ2) is 9.62. The molecule has 0 aliphatic carbocycles. The summed E-state index contributed by atoms with van der Waals surface area (Å²) in [7, 11) is 1.24. The molecule has 1 aromatic carbocycles. The molecule has 0 heterocycles. The van der Waals surface area contributed by atoms with Gasteiger partial charge in [-0.3, -0.25) is 4.79 Å².